The van der Waals surface area contributed by atoms with E-state index in [1.807, 2.05) is 22.5 Å². The van der Waals surface area contributed by atoms with Crippen LogP contribution in [0.25, 0.3) is 0 Å². The number of rotatable bonds is 4. The normalized spacial score (nSPS) is 22.5. The van der Waals surface area contributed by atoms with E-state index in [4.69, 9.17) is 24.5 Å². The smallest absolute Gasteiger partial charge is 0.475 e. The molecule has 3 saturated heterocycles. The Hall–Kier alpha value is -3.58. The monoisotopic (exact) mass is 656 g/mol. The summed E-state index contributed by atoms with van der Waals surface area (Å²) in [5.41, 5.74) is -0.381. The van der Waals surface area contributed by atoms with Crippen LogP contribution in [0.15, 0.2) is 30.0 Å². The van der Waals surface area contributed by atoms with Gasteiger partial charge >= 0.3 is 24.3 Å². The molecular formula is C25H30F6N6O6S. The number of aromatic nitrogens is 3. The van der Waals surface area contributed by atoms with Crippen molar-refractivity contribution in [3.8, 4) is 0 Å². The molecule has 5 rings (SSSR count). The van der Waals surface area contributed by atoms with Crippen LogP contribution >= 0.6 is 11.3 Å². The van der Waals surface area contributed by atoms with Gasteiger partial charge in [0.05, 0.1) is 25.2 Å². The van der Waals surface area contributed by atoms with Gasteiger partial charge in [-0.3, -0.25) is 9.69 Å². The number of likely N-dealkylation sites (tertiary alicyclic amines) is 1. The Morgan fingerprint density at radius 1 is 0.932 bits per heavy atom. The summed E-state index contributed by atoms with van der Waals surface area (Å²) in [5, 5.41) is 17.4. The van der Waals surface area contributed by atoms with Crippen molar-refractivity contribution in [2.45, 2.75) is 31.7 Å². The molecule has 3 aliphatic heterocycles. The fourth-order valence-corrected chi connectivity index (χ4v) is 5.87. The summed E-state index contributed by atoms with van der Waals surface area (Å²) < 4.78 is 69.0. The molecule has 2 atom stereocenters. The molecule has 3 fully saturated rings. The van der Waals surface area contributed by atoms with Crippen molar-refractivity contribution in [1.29, 1.82) is 0 Å². The fraction of sp³-hybridized carbons (Fsp3) is 0.600. The first-order valence-electron chi connectivity index (χ1n) is 13.2. The first-order chi connectivity index (χ1) is 20.6. The molecule has 5 heterocycles. The van der Waals surface area contributed by atoms with Gasteiger partial charge < -0.3 is 24.7 Å². The molecule has 12 nitrogen and oxygen atoms in total. The zero-order valence-corrected chi connectivity index (χ0v) is 23.9. The summed E-state index contributed by atoms with van der Waals surface area (Å²) in [6, 6.07) is 1.84. The third-order valence-electron chi connectivity index (χ3n) is 7.16. The molecule has 1 amide bonds. The number of aliphatic carboxylic acids is 2. The Kier molecular flexibility index (Phi) is 11.8. The van der Waals surface area contributed by atoms with E-state index in [-0.39, 0.29) is 11.3 Å². The zero-order chi connectivity index (χ0) is 32.5. The van der Waals surface area contributed by atoms with Crippen LogP contribution < -0.4 is 4.90 Å². The number of carboxylic acids is 2. The Morgan fingerprint density at radius 2 is 1.52 bits per heavy atom. The second kappa shape index (κ2) is 14.9. The molecule has 0 aromatic carbocycles. The molecule has 0 aliphatic carbocycles. The number of amides is 1. The number of anilines is 1. The van der Waals surface area contributed by atoms with Crippen LogP contribution in [0.4, 0.5) is 32.3 Å². The summed E-state index contributed by atoms with van der Waals surface area (Å²) >= 11 is 1.70. The van der Waals surface area contributed by atoms with E-state index in [0.29, 0.717) is 38.8 Å². The number of fused-ring (bicyclic) bond motifs is 1. The van der Waals surface area contributed by atoms with E-state index < -0.39 is 24.3 Å². The summed E-state index contributed by atoms with van der Waals surface area (Å²) in [6.07, 6.45) is -2.81. The molecule has 0 saturated carbocycles. The van der Waals surface area contributed by atoms with E-state index in [1.54, 1.807) is 23.7 Å². The maximum atomic E-state index is 13.9. The quantitative estimate of drug-likeness (QED) is 0.468. The minimum absolute atomic E-state index is 0.249. The number of thiazole rings is 1. The lowest BCUT2D eigenvalue weighted by Gasteiger charge is -2.38. The lowest BCUT2D eigenvalue weighted by atomic mass is 9.73. The molecule has 3 aliphatic rings. The average Bonchev–Trinajstić information content (AvgIpc) is 3.58. The molecule has 2 N–H and O–H groups in total. The van der Waals surface area contributed by atoms with E-state index in [1.165, 1.54) is 0 Å². The number of carbonyl (C=O) groups excluding carboxylic acids is 1. The van der Waals surface area contributed by atoms with Crippen molar-refractivity contribution in [2.24, 2.45) is 11.3 Å². The van der Waals surface area contributed by atoms with Crippen molar-refractivity contribution in [1.82, 2.24) is 24.8 Å². The minimum atomic E-state index is -5.08. The van der Waals surface area contributed by atoms with Crippen molar-refractivity contribution in [3.63, 3.8) is 0 Å². The lowest BCUT2D eigenvalue weighted by Crippen LogP contribution is -2.52. The molecule has 0 bridgehead atoms. The number of alkyl halides is 6. The Bertz CT molecular complexity index is 1210. The maximum Gasteiger partial charge on any atom is 0.490 e. The molecule has 44 heavy (non-hydrogen) atoms. The molecular weight excluding hydrogens is 626 g/mol. The number of carboxylic acid groups (broad SMARTS) is 2. The number of ether oxygens (including phenoxy) is 1. The van der Waals surface area contributed by atoms with Crippen LogP contribution in [0.5, 0.6) is 0 Å². The Labute approximate surface area is 251 Å². The number of hydrogen-bond donors (Lipinski definition) is 2. The van der Waals surface area contributed by atoms with Gasteiger partial charge in [0.25, 0.3) is 0 Å². The standard InChI is InChI=1S/C21H28N6O2S.2C2HF3O2/c28-19(26-8-10-29-11-9-26)21-3-1-7-25(15-18-22-6-12-30-18)13-17(21)14-27(16-21)20-23-4-2-5-24-20;2*3-2(4,5)1(6)7/h2,4-6,12,17H,1,3,7-11,13-16H2;2*(H,6,7)/t17-,21-;;/m0../s1. The van der Waals surface area contributed by atoms with Crippen LogP contribution in [-0.2, 0) is 25.7 Å². The minimum Gasteiger partial charge on any atom is -0.475 e. The van der Waals surface area contributed by atoms with Gasteiger partial charge in [0, 0.05) is 62.6 Å². The highest BCUT2D eigenvalue weighted by Crippen LogP contribution is 2.45. The molecule has 2 aromatic heterocycles. The second-order valence-corrected chi connectivity index (χ2v) is 11.0. The molecule has 0 unspecified atom stereocenters. The van der Waals surface area contributed by atoms with Crippen molar-refractivity contribution in [2.75, 3.05) is 57.4 Å². The first kappa shape index (κ1) is 34.9. The number of morpholine rings is 1. The highest BCUT2D eigenvalue weighted by atomic mass is 32.1. The highest BCUT2D eigenvalue weighted by Gasteiger charge is 2.55. The topological polar surface area (TPSA) is 149 Å². The van der Waals surface area contributed by atoms with Crippen molar-refractivity contribution >= 4 is 35.1 Å². The van der Waals surface area contributed by atoms with Gasteiger partial charge in [0.2, 0.25) is 11.9 Å². The Balaban J connectivity index is 0.000000317. The fourth-order valence-electron chi connectivity index (χ4n) is 5.22. The third kappa shape index (κ3) is 9.46. The van der Waals surface area contributed by atoms with Gasteiger partial charge in [-0.05, 0) is 25.5 Å². The van der Waals surface area contributed by atoms with E-state index >= 15 is 0 Å². The van der Waals surface area contributed by atoms with Crippen LogP contribution in [0.2, 0.25) is 0 Å². The van der Waals surface area contributed by atoms with E-state index in [0.717, 1.165) is 50.0 Å². The molecule has 19 heteroatoms. The summed E-state index contributed by atoms with van der Waals surface area (Å²) in [4.78, 5) is 51.8. The van der Waals surface area contributed by atoms with Gasteiger partial charge in [0.1, 0.15) is 5.01 Å². The SMILES string of the molecule is O=C(N1CCOCC1)[C@]12CCCN(Cc3nccs3)C[C@H]1CN(c1ncccn1)C2.O=C(O)C(F)(F)F.O=C(O)C(F)(F)F. The molecule has 244 valence electrons. The first-order valence-corrected chi connectivity index (χ1v) is 14.1. The maximum absolute atomic E-state index is 13.9. The van der Waals surface area contributed by atoms with Crippen LogP contribution in [0.1, 0.15) is 17.8 Å². The molecule has 0 spiro atoms. The van der Waals surface area contributed by atoms with Gasteiger partial charge in [-0.25, -0.2) is 24.5 Å². The van der Waals surface area contributed by atoms with Crippen LogP contribution in [-0.4, -0.2) is 118 Å². The summed E-state index contributed by atoms with van der Waals surface area (Å²) in [7, 11) is 0. The van der Waals surface area contributed by atoms with Crippen LogP contribution in [0.3, 0.4) is 0 Å². The molecule has 0 radical (unpaired) electrons. The largest absolute Gasteiger partial charge is 0.490 e. The summed E-state index contributed by atoms with van der Waals surface area (Å²) in [6.45, 7) is 6.93. The molecule has 2 aromatic rings. The van der Waals surface area contributed by atoms with Crippen molar-refractivity contribution < 1.29 is 55.7 Å². The highest BCUT2D eigenvalue weighted by molar-refractivity contribution is 7.09. The zero-order valence-electron chi connectivity index (χ0n) is 23.1. The van der Waals surface area contributed by atoms with Crippen LogP contribution in [0, 0.1) is 11.3 Å². The van der Waals surface area contributed by atoms with E-state index in [2.05, 4.69) is 24.8 Å². The van der Waals surface area contributed by atoms with Gasteiger partial charge in [-0.1, -0.05) is 0 Å². The van der Waals surface area contributed by atoms with Gasteiger partial charge in [-0.2, -0.15) is 26.3 Å². The predicted molar refractivity (Wildman–Crippen MR) is 142 cm³/mol. The van der Waals surface area contributed by atoms with E-state index in [9.17, 15) is 31.1 Å². The third-order valence-corrected chi connectivity index (χ3v) is 7.92. The Morgan fingerprint density at radius 3 is 2.05 bits per heavy atom. The number of hydrogen-bond acceptors (Lipinski definition) is 10. The second-order valence-electron chi connectivity index (χ2n) is 10.1. The van der Waals surface area contributed by atoms with Crippen molar-refractivity contribution in [3.05, 3.63) is 35.0 Å². The summed E-state index contributed by atoms with van der Waals surface area (Å²) in [5.74, 6) is -4.24. The average molecular weight is 657 g/mol. The number of nitrogens with zero attached hydrogens (tertiary/aromatic N) is 6. The predicted octanol–water partition coefficient (Wildman–Crippen LogP) is 2.78. The number of halogens is 6. The van der Waals surface area contributed by atoms with Gasteiger partial charge in [0.15, 0.2) is 0 Å². The van der Waals surface area contributed by atoms with Gasteiger partial charge in [-0.15, -0.1) is 11.3 Å². The number of carbonyl (C=O) groups is 3. The lowest BCUT2D eigenvalue weighted by molar-refractivity contribution is -0.193.